The Hall–Kier alpha value is -1.65. The average molecular weight is 264 g/mol. The molecular formula is C14H24N4O. The summed E-state index contributed by atoms with van der Waals surface area (Å²) >= 11 is 0. The number of aryl methyl sites for hydroxylation is 1. The summed E-state index contributed by atoms with van der Waals surface area (Å²) in [6.45, 7) is 10.5. The molecule has 0 aliphatic heterocycles. The molecule has 0 bridgehead atoms. The highest BCUT2D eigenvalue weighted by Crippen LogP contribution is 2.12. The summed E-state index contributed by atoms with van der Waals surface area (Å²) in [5.41, 5.74) is 0.450. The van der Waals surface area contributed by atoms with E-state index in [-0.39, 0.29) is 5.91 Å². The van der Waals surface area contributed by atoms with Crippen LogP contribution in [0.4, 0.5) is 5.82 Å². The summed E-state index contributed by atoms with van der Waals surface area (Å²) in [5.74, 6) is 1.33. The number of rotatable bonds is 7. The Morgan fingerprint density at radius 2 is 1.95 bits per heavy atom. The molecule has 1 N–H and O–H groups in total. The largest absolute Gasteiger partial charge is 0.357 e. The molecule has 0 spiro atoms. The van der Waals surface area contributed by atoms with Crippen LogP contribution in [-0.2, 0) is 0 Å². The van der Waals surface area contributed by atoms with E-state index in [4.69, 9.17) is 0 Å². The zero-order valence-corrected chi connectivity index (χ0v) is 12.4. The second-order valence-corrected chi connectivity index (χ2v) is 4.44. The highest BCUT2D eigenvalue weighted by molar-refractivity contribution is 5.92. The maximum Gasteiger partial charge on any atom is 0.270 e. The number of hydrogen-bond acceptors (Lipinski definition) is 4. The maximum absolute atomic E-state index is 12.0. The third kappa shape index (κ3) is 4.50. The van der Waals surface area contributed by atoms with Crippen molar-refractivity contribution in [1.82, 2.24) is 15.3 Å². The van der Waals surface area contributed by atoms with Crippen LogP contribution in [-0.4, -0.2) is 35.5 Å². The predicted molar refractivity (Wildman–Crippen MR) is 77.6 cm³/mol. The Morgan fingerprint density at radius 1 is 1.26 bits per heavy atom. The zero-order chi connectivity index (χ0) is 14.3. The van der Waals surface area contributed by atoms with Gasteiger partial charge in [-0.25, -0.2) is 9.97 Å². The lowest BCUT2D eigenvalue weighted by molar-refractivity contribution is 0.0948. The van der Waals surface area contributed by atoms with E-state index in [0.29, 0.717) is 18.1 Å². The molecule has 0 aliphatic rings. The van der Waals surface area contributed by atoms with Gasteiger partial charge in [0.15, 0.2) is 0 Å². The van der Waals surface area contributed by atoms with Gasteiger partial charge >= 0.3 is 0 Å². The van der Waals surface area contributed by atoms with E-state index in [9.17, 15) is 4.79 Å². The van der Waals surface area contributed by atoms with Crippen molar-refractivity contribution in [1.29, 1.82) is 0 Å². The van der Waals surface area contributed by atoms with Crippen molar-refractivity contribution in [3.8, 4) is 0 Å². The van der Waals surface area contributed by atoms with Crippen molar-refractivity contribution >= 4 is 11.7 Å². The van der Waals surface area contributed by atoms with Gasteiger partial charge in [-0.2, -0.15) is 0 Å². The van der Waals surface area contributed by atoms with Crippen LogP contribution in [0.5, 0.6) is 0 Å². The third-order valence-electron chi connectivity index (χ3n) is 2.96. The van der Waals surface area contributed by atoms with Crippen molar-refractivity contribution in [2.45, 2.75) is 40.5 Å². The molecule has 0 saturated carbocycles. The van der Waals surface area contributed by atoms with E-state index in [0.717, 1.165) is 31.7 Å². The first-order valence-electron chi connectivity index (χ1n) is 7.01. The number of aromatic nitrogens is 2. The summed E-state index contributed by atoms with van der Waals surface area (Å²) in [7, 11) is 0. The first-order chi connectivity index (χ1) is 9.12. The number of carbonyl (C=O) groups excluding carboxylic acids is 1. The molecule has 0 radical (unpaired) electrons. The lowest BCUT2D eigenvalue weighted by Gasteiger charge is -2.20. The first-order valence-corrected chi connectivity index (χ1v) is 7.01. The van der Waals surface area contributed by atoms with E-state index >= 15 is 0 Å². The zero-order valence-electron chi connectivity index (χ0n) is 12.4. The minimum Gasteiger partial charge on any atom is -0.357 e. The van der Waals surface area contributed by atoms with Crippen LogP contribution >= 0.6 is 0 Å². The fourth-order valence-corrected chi connectivity index (χ4v) is 1.85. The second kappa shape index (κ2) is 7.71. The predicted octanol–water partition coefficient (Wildman–Crippen LogP) is 2.16. The van der Waals surface area contributed by atoms with Crippen molar-refractivity contribution in [3.63, 3.8) is 0 Å². The number of unbranched alkanes of at least 4 members (excludes halogenated alkanes) is 1. The second-order valence-electron chi connectivity index (χ2n) is 4.44. The molecule has 0 aliphatic carbocycles. The minimum atomic E-state index is -0.118. The molecule has 0 fully saturated rings. The number of carbonyl (C=O) groups is 1. The van der Waals surface area contributed by atoms with Gasteiger partial charge in [-0.3, -0.25) is 4.79 Å². The number of hydrogen-bond donors (Lipinski definition) is 1. The molecule has 0 saturated heterocycles. The molecule has 1 heterocycles. The van der Waals surface area contributed by atoms with Gasteiger partial charge in [-0.05, 0) is 27.2 Å². The third-order valence-corrected chi connectivity index (χ3v) is 2.96. The SMILES string of the molecule is CCCCNC(=O)c1cc(N(CC)CC)nc(C)n1. The molecule has 5 nitrogen and oxygen atoms in total. The number of anilines is 1. The van der Waals surface area contributed by atoms with Gasteiger partial charge < -0.3 is 10.2 Å². The Labute approximate surface area is 115 Å². The monoisotopic (exact) mass is 264 g/mol. The standard InChI is InChI=1S/C14H24N4O/c1-5-8-9-15-14(19)12-10-13(17-11(4)16-12)18(6-2)7-3/h10H,5-9H2,1-4H3,(H,15,19). The van der Waals surface area contributed by atoms with Gasteiger partial charge in [0.05, 0.1) is 0 Å². The molecular weight excluding hydrogens is 240 g/mol. The molecule has 1 amide bonds. The number of amides is 1. The van der Waals surface area contributed by atoms with E-state index in [2.05, 4.69) is 41.0 Å². The van der Waals surface area contributed by atoms with E-state index in [1.165, 1.54) is 0 Å². The van der Waals surface area contributed by atoms with Gasteiger partial charge in [0.25, 0.3) is 5.91 Å². The van der Waals surface area contributed by atoms with Gasteiger partial charge in [-0.1, -0.05) is 13.3 Å². The van der Waals surface area contributed by atoms with Crippen LogP contribution in [0.3, 0.4) is 0 Å². The summed E-state index contributed by atoms with van der Waals surface area (Å²) in [6.07, 6.45) is 2.05. The highest BCUT2D eigenvalue weighted by Gasteiger charge is 2.12. The van der Waals surface area contributed by atoms with E-state index in [1.54, 1.807) is 6.07 Å². The van der Waals surface area contributed by atoms with Crippen LogP contribution < -0.4 is 10.2 Å². The van der Waals surface area contributed by atoms with Crippen LogP contribution in [0.2, 0.25) is 0 Å². The summed E-state index contributed by atoms with van der Waals surface area (Å²) < 4.78 is 0. The van der Waals surface area contributed by atoms with Crippen molar-refractivity contribution in [3.05, 3.63) is 17.6 Å². The van der Waals surface area contributed by atoms with Crippen LogP contribution in [0.1, 0.15) is 49.9 Å². The molecule has 106 valence electrons. The van der Waals surface area contributed by atoms with Crippen molar-refractivity contribution in [2.75, 3.05) is 24.5 Å². The Balaban J connectivity index is 2.86. The summed E-state index contributed by atoms with van der Waals surface area (Å²) in [4.78, 5) is 22.7. The van der Waals surface area contributed by atoms with Gasteiger partial charge in [-0.15, -0.1) is 0 Å². The van der Waals surface area contributed by atoms with Gasteiger partial charge in [0, 0.05) is 25.7 Å². The minimum absolute atomic E-state index is 0.118. The van der Waals surface area contributed by atoms with Crippen LogP contribution in [0.25, 0.3) is 0 Å². The van der Waals surface area contributed by atoms with Crippen LogP contribution in [0.15, 0.2) is 6.07 Å². The average Bonchev–Trinajstić information content (AvgIpc) is 2.39. The molecule has 5 heteroatoms. The quantitative estimate of drug-likeness (QED) is 0.767. The van der Waals surface area contributed by atoms with E-state index in [1.807, 2.05) is 6.92 Å². The van der Waals surface area contributed by atoms with Crippen LogP contribution in [0, 0.1) is 6.92 Å². The molecule has 19 heavy (non-hydrogen) atoms. The van der Waals surface area contributed by atoms with Gasteiger partial charge in [0.2, 0.25) is 0 Å². The maximum atomic E-state index is 12.0. The lowest BCUT2D eigenvalue weighted by Crippen LogP contribution is -2.28. The van der Waals surface area contributed by atoms with Crippen molar-refractivity contribution < 1.29 is 4.79 Å². The summed E-state index contributed by atoms with van der Waals surface area (Å²) in [5, 5.41) is 2.88. The molecule has 1 aromatic heterocycles. The highest BCUT2D eigenvalue weighted by atomic mass is 16.1. The molecule has 0 atom stereocenters. The van der Waals surface area contributed by atoms with E-state index < -0.39 is 0 Å². The smallest absolute Gasteiger partial charge is 0.270 e. The lowest BCUT2D eigenvalue weighted by atomic mass is 10.3. The molecule has 1 rings (SSSR count). The number of nitrogens with one attached hydrogen (secondary N) is 1. The Kier molecular flexibility index (Phi) is 6.25. The Morgan fingerprint density at radius 3 is 2.53 bits per heavy atom. The fourth-order valence-electron chi connectivity index (χ4n) is 1.85. The summed E-state index contributed by atoms with van der Waals surface area (Å²) in [6, 6.07) is 1.77. The van der Waals surface area contributed by atoms with Gasteiger partial charge in [0.1, 0.15) is 17.3 Å². The normalized spacial score (nSPS) is 10.3. The molecule has 1 aromatic rings. The topological polar surface area (TPSA) is 58.1 Å². The first kappa shape index (κ1) is 15.4. The van der Waals surface area contributed by atoms with Crippen molar-refractivity contribution in [2.24, 2.45) is 0 Å². The molecule has 0 aromatic carbocycles. The fraction of sp³-hybridized carbons (Fsp3) is 0.643. The Bertz CT molecular complexity index is 416. The molecule has 0 unspecified atom stereocenters. The number of nitrogens with zero attached hydrogens (tertiary/aromatic N) is 3.